The smallest absolute Gasteiger partial charge is 0.441 e. The molecule has 30 heteroatoms. The average Bonchev–Trinajstić information content (AvgIpc) is 1.03. The number of thiazole rings is 2. The van der Waals surface area contributed by atoms with E-state index in [0.717, 1.165) is 121 Å². The molecule has 3 aliphatic heterocycles. The van der Waals surface area contributed by atoms with Gasteiger partial charge in [-0.1, -0.05) is 104 Å². The zero-order valence-electron chi connectivity index (χ0n) is 65.5. The third kappa shape index (κ3) is 30.1. The van der Waals surface area contributed by atoms with Crippen molar-refractivity contribution in [1.82, 2.24) is 39.4 Å². The number of halogens is 10. The van der Waals surface area contributed by atoms with Gasteiger partial charge in [0.2, 0.25) is 0 Å². The van der Waals surface area contributed by atoms with Crippen molar-refractivity contribution in [2.75, 3.05) is 99.7 Å². The number of rotatable bonds is 21. The molecule has 11 rings (SSSR count). The first-order valence-corrected chi connectivity index (χ1v) is 42.4. The van der Waals surface area contributed by atoms with Gasteiger partial charge < -0.3 is 24.0 Å². The van der Waals surface area contributed by atoms with Crippen molar-refractivity contribution in [1.29, 1.82) is 10.8 Å². The minimum Gasteiger partial charge on any atom is -0.548 e. The molecule has 3 fully saturated rings. The van der Waals surface area contributed by atoms with Crippen LogP contribution >= 0.6 is 38.6 Å². The Hall–Kier alpha value is -8.83. The minimum absolute atomic E-state index is 0.0304. The van der Waals surface area contributed by atoms with Crippen LogP contribution in [0.15, 0.2) is 125 Å². The summed E-state index contributed by atoms with van der Waals surface area (Å²) in [5.74, 6) is 7.74. The predicted octanol–water partition coefficient (Wildman–Crippen LogP) is 14.8. The lowest BCUT2D eigenvalue weighted by molar-refractivity contribution is -0.139. The summed E-state index contributed by atoms with van der Waals surface area (Å²) in [6, 6.07) is 28.3. The second-order valence-corrected chi connectivity index (χ2v) is 37.3. The number of terminal acetylenes is 2. The Labute approximate surface area is 681 Å². The van der Waals surface area contributed by atoms with E-state index in [-0.39, 0.29) is 66.4 Å². The summed E-state index contributed by atoms with van der Waals surface area (Å²) in [4.78, 5) is 61.1. The van der Waals surface area contributed by atoms with E-state index in [0.29, 0.717) is 73.9 Å². The molecular weight excluding hydrogens is 1590 g/mol. The van der Waals surface area contributed by atoms with Gasteiger partial charge in [-0.25, -0.2) is 0 Å². The Bertz CT molecular complexity index is 4770. The first-order chi connectivity index (χ1) is 53.8. The van der Waals surface area contributed by atoms with E-state index in [1.165, 1.54) is 61.9 Å². The molecule has 8 aromatic rings. The first kappa shape index (κ1) is 92.3. The molecular formula is C84H92B2BrF9N10O5S2Si. The number of nitrogens with zero attached hydrogens (tertiary/aromatic N) is 8. The third-order valence-corrected chi connectivity index (χ3v) is 22.0. The summed E-state index contributed by atoms with van der Waals surface area (Å²) in [6.07, 6.45) is 1.52. The van der Waals surface area contributed by atoms with Gasteiger partial charge in [0, 0.05) is 145 Å². The van der Waals surface area contributed by atoms with Crippen molar-refractivity contribution in [2.45, 2.75) is 105 Å². The highest BCUT2D eigenvalue weighted by molar-refractivity contribution is 9.11. The minimum atomic E-state index is -4.51. The van der Waals surface area contributed by atoms with Gasteiger partial charge in [0.25, 0.3) is 0 Å². The number of carbonyl (C=O) groups excluding carboxylic acids is 3. The maximum atomic E-state index is 13.9. The zero-order valence-corrected chi connectivity index (χ0v) is 69.7. The van der Waals surface area contributed by atoms with E-state index < -0.39 is 43.3 Å². The molecule has 0 unspecified atom stereocenters. The average molecular weight is 1690 g/mol. The molecule has 0 aliphatic carbocycles. The fourth-order valence-electron chi connectivity index (χ4n) is 11.8. The largest absolute Gasteiger partial charge is 0.548 e. The predicted molar refractivity (Wildman–Crippen MR) is 444 cm³/mol. The van der Waals surface area contributed by atoms with Crippen molar-refractivity contribution in [3.63, 3.8) is 0 Å². The summed E-state index contributed by atoms with van der Waals surface area (Å²) in [7, 11) is 7.71. The first-order valence-electron chi connectivity index (χ1n) is 36.5. The number of piperazine rings is 3. The lowest BCUT2D eigenvalue weighted by Gasteiger charge is -2.33. The van der Waals surface area contributed by atoms with E-state index in [9.17, 15) is 53.9 Å². The van der Waals surface area contributed by atoms with Crippen molar-refractivity contribution >= 4 is 102 Å². The summed E-state index contributed by atoms with van der Waals surface area (Å²) in [5, 5.41) is 13.4. The number of hydrogen-bond acceptors (Lipinski definition) is 17. The Balaban J connectivity index is 0.000000217. The van der Waals surface area contributed by atoms with Crippen molar-refractivity contribution in [2.24, 2.45) is 0 Å². The van der Waals surface area contributed by atoms with Crippen molar-refractivity contribution in [3.8, 4) is 36.2 Å². The van der Waals surface area contributed by atoms with Gasteiger partial charge in [-0.3, -0.25) is 49.9 Å². The SMILES string of the molecule is C#C[Si](C)(C)C.C#Cc1cc(C(=O)Cc2ccc(CN3CCN(C)CC3)c(C(F)(F)F)c2)ccc1C.Cc1ccc(C(=O)Cc2ccc(CN3CCN(C)CC3)c(C(F)(F)F)c2)cc1C#Cc1cnc([B]OC=N)s1.Cc1ccc(C(=O)Cc2ccc(CN3CCN(C)CC3)cc2C(F)(F)F)cc1C.N=CO[B]c1ncc(Br)s1. The van der Waals surface area contributed by atoms with Crippen LogP contribution in [-0.4, -0.2) is 192 Å². The normalized spacial score (nSPS) is 14.5. The standard InChI is InChI=1S/C28H27BF3N4O2S.C24H25F3N2O.C23H27F3N2O.C5H10Si.C4H3BBrN2OS/c1-19-3-5-22(15-21(19)7-8-24-16-34-27(39-24)29-38-18-33)26(37)14-20-4-6-23(25(13-20)28(30,31)32)17-36-11-9-35(2)10-12-36;1-4-19-15-20(7-5-17(19)2)23(30)14-18-6-8-21(22(13-18)24(25,26)27)16-29-11-9-28(3)10-12-29;1-16-4-6-20(12-17(16)2)22(29)14-19-7-5-18(13-21(19)23(24,25)26)15-28-10-8-27(3)9-11-28;1-5-6(2,3)4;6-3-1-8-4(10-3)5-9-2-7/h3-6,13,15-16,18,33H,9-12,14,17H2,1-2H3;1,5-8,13,15H,9-12,14,16H2,2-3H3;4-7,12-13H,8-11,14-15H2,1-3H3;1H,2-4H3;1-2,7H. The van der Waals surface area contributed by atoms with Crippen LogP contribution < -0.4 is 9.81 Å². The molecule has 15 nitrogen and oxygen atoms in total. The number of aryl methyl sites for hydroxylation is 4. The molecule has 2 aromatic heterocycles. The highest BCUT2D eigenvalue weighted by atomic mass is 79.9. The van der Waals surface area contributed by atoms with E-state index in [1.54, 1.807) is 79.1 Å². The molecule has 3 saturated heterocycles. The van der Waals surface area contributed by atoms with Crippen molar-refractivity contribution < 1.29 is 63.2 Å². The number of hydrogen-bond donors (Lipinski definition) is 2. The highest BCUT2D eigenvalue weighted by Gasteiger charge is 2.37. The molecule has 0 atom stereocenters. The molecule has 2 N–H and O–H groups in total. The van der Waals surface area contributed by atoms with Gasteiger partial charge in [0.15, 0.2) is 17.3 Å². The summed E-state index contributed by atoms with van der Waals surface area (Å²) in [5.41, 5.74) is 8.72. The number of ketones is 3. The van der Waals surface area contributed by atoms with Crippen LogP contribution in [0.3, 0.4) is 0 Å². The Kier molecular flexibility index (Phi) is 35.0. The Morgan fingerprint density at radius 1 is 0.491 bits per heavy atom. The lowest BCUT2D eigenvalue weighted by Crippen LogP contribution is -2.44. The summed E-state index contributed by atoms with van der Waals surface area (Å²) < 4.78 is 134. The van der Waals surface area contributed by atoms with Crippen LogP contribution in [0.25, 0.3) is 0 Å². The quantitative estimate of drug-likeness (QED) is 0.0175. The molecule has 0 spiro atoms. The zero-order chi connectivity index (χ0) is 83.7. The Morgan fingerprint density at radius 3 is 1.29 bits per heavy atom. The van der Waals surface area contributed by atoms with E-state index in [1.807, 2.05) is 64.7 Å². The number of likely N-dealkylation sites (N-methyl/N-ethyl adjacent to an activating group) is 3. The third-order valence-electron chi connectivity index (χ3n) is 18.9. The molecule has 0 bridgehead atoms. The fourth-order valence-corrected chi connectivity index (χ4v) is 13.6. The van der Waals surface area contributed by atoms with Gasteiger partial charge >= 0.3 is 33.5 Å². The Morgan fingerprint density at radius 2 is 0.868 bits per heavy atom. The second kappa shape index (κ2) is 43.2. The van der Waals surface area contributed by atoms with Crippen LogP contribution in [0.2, 0.25) is 19.6 Å². The summed E-state index contributed by atoms with van der Waals surface area (Å²) >= 11 is 5.99. The number of alkyl halides is 9. The van der Waals surface area contributed by atoms with Gasteiger partial charge in [-0.05, 0) is 163 Å². The molecule has 3 aliphatic rings. The van der Waals surface area contributed by atoms with Gasteiger partial charge in [-0.2, -0.15) is 39.5 Å². The van der Waals surface area contributed by atoms with Crippen LogP contribution in [0.5, 0.6) is 0 Å². The number of benzene rings is 6. The fraction of sp³-hybridized carbons (Fsp3) is 0.369. The molecule has 600 valence electrons. The van der Waals surface area contributed by atoms with Crippen molar-refractivity contribution in [3.05, 3.63) is 230 Å². The molecule has 6 aromatic carbocycles. The van der Waals surface area contributed by atoms with Crippen LogP contribution in [0.1, 0.15) is 119 Å². The molecule has 114 heavy (non-hydrogen) atoms. The number of carbonyl (C=O) groups is 3. The number of Topliss-reactive ketones (excluding diaryl/α,β-unsaturated/α-hetero) is 3. The molecule has 0 amide bonds. The summed E-state index contributed by atoms with van der Waals surface area (Å²) in [6.45, 7) is 24.7. The van der Waals surface area contributed by atoms with E-state index >= 15 is 0 Å². The highest BCUT2D eigenvalue weighted by Crippen LogP contribution is 2.37. The maximum Gasteiger partial charge on any atom is 0.441 e. The second-order valence-electron chi connectivity index (χ2n) is 29.0. The van der Waals surface area contributed by atoms with Gasteiger partial charge in [0.1, 0.15) is 30.7 Å². The van der Waals surface area contributed by atoms with Crippen LogP contribution in [0.4, 0.5) is 39.5 Å². The molecule has 0 saturated carbocycles. The lowest BCUT2D eigenvalue weighted by atomic mass is 9.95. The number of aromatic nitrogens is 2. The van der Waals surface area contributed by atoms with E-state index in [2.05, 4.69) is 93.1 Å². The molecule has 2 radical (unpaired) electrons. The van der Waals surface area contributed by atoms with Crippen LogP contribution in [-0.2, 0) is 66.7 Å². The topological polar surface area (TPSA) is 163 Å². The number of nitrogens with one attached hydrogen (secondary N) is 2. The maximum absolute atomic E-state index is 13.9. The van der Waals surface area contributed by atoms with E-state index in [4.69, 9.17) is 28.3 Å². The van der Waals surface area contributed by atoms with Crippen LogP contribution in [0, 0.1) is 74.7 Å². The van der Waals surface area contributed by atoms with Gasteiger partial charge in [0.05, 0.1) is 37.7 Å². The monoisotopic (exact) mass is 1680 g/mol. The van der Waals surface area contributed by atoms with Gasteiger partial charge in [-0.15, -0.1) is 41.1 Å². The molecule has 5 heterocycles.